The molecular formula is C20H28N8. The molecule has 1 aliphatic rings. The summed E-state index contributed by atoms with van der Waals surface area (Å²) in [7, 11) is 1.95. The Bertz CT molecular complexity index is 980. The van der Waals surface area contributed by atoms with Crippen LogP contribution in [0.3, 0.4) is 0 Å². The van der Waals surface area contributed by atoms with E-state index in [-0.39, 0.29) is 0 Å². The predicted octanol–water partition coefficient (Wildman–Crippen LogP) is 2.56. The van der Waals surface area contributed by atoms with Crippen molar-refractivity contribution < 1.29 is 0 Å². The van der Waals surface area contributed by atoms with E-state index < -0.39 is 0 Å². The zero-order valence-electron chi connectivity index (χ0n) is 17.0. The van der Waals surface area contributed by atoms with Gasteiger partial charge in [0, 0.05) is 38.9 Å². The highest BCUT2D eigenvalue weighted by atomic mass is 15.3. The van der Waals surface area contributed by atoms with Crippen molar-refractivity contribution in [3.63, 3.8) is 0 Å². The standard InChI is InChI=1S/C20H28N8/c1-5-6-15-17-18(27(4)26-15)19(23-16-11-13(2)7-8-22-16)25-20(24-17)28-10-9-21-14(3)12-28/h7-8,11,14,21H,5-6,9-10,12H2,1-4H3,(H,22,23,24,25)/t14-/m0/s1. The van der Waals surface area contributed by atoms with Crippen molar-refractivity contribution in [2.45, 2.75) is 39.7 Å². The molecule has 0 radical (unpaired) electrons. The van der Waals surface area contributed by atoms with Gasteiger partial charge < -0.3 is 15.5 Å². The van der Waals surface area contributed by atoms with Gasteiger partial charge in [-0.1, -0.05) is 13.3 Å². The summed E-state index contributed by atoms with van der Waals surface area (Å²) in [6.45, 7) is 9.11. The van der Waals surface area contributed by atoms with Gasteiger partial charge in [-0.3, -0.25) is 4.68 Å². The summed E-state index contributed by atoms with van der Waals surface area (Å²) in [5, 5.41) is 11.6. The molecule has 8 nitrogen and oxygen atoms in total. The van der Waals surface area contributed by atoms with Crippen LogP contribution in [0.4, 0.5) is 17.6 Å². The van der Waals surface area contributed by atoms with Crippen LogP contribution in [0.2, 0.25) is 0 Å². The molecule has 1 aliphatic heterocycles. The molecule has 4 rings (SSSR count). The highest BCUT2D eigenvalue weighted by Crippen LogP contribution is 2.28. The third-order valence-electron chi connectivity index (χ3n) is 5.04. The van der Waals surface area contributed by atoms with Gasteiger partial charge >= 0.3 is 0 Å². The number of aryl methyl sites for hydroxylation is 3. The van der Waals surface area contributed by atoms with Crippen molar-refractivity contribution in [2.75, 3.05) is 29.9 Å². The third-order valence-corrected chi connectivity index (χ3v) is 5.04. The molecule has 2 N–H and O–H groups in total. The van der Waals surface area contributed by atoms with Crippen molar-refractivity contribution in [3.05, 3.63) is 29.6 Å². The van der Waals surface area contributed by atoms with Gasteiger partial charge in [-0.15, -0.1) is 0 Å². The van der Waals surface area contributed by atoms with Crippen LogP contribution >= 0.6 is 0 Å². The number of fused-ring (bicyclic) bond motifs is 1. The minimum atomic E-state index is 0.409. The fourth-order valence-corrected chi connectivity index (χ4v) is 3.70. The van der Waals surface area contributed by atoms with Crippen LogP contribution in [-0.4, -0.2) is 50.4 Å². The first-order chi connectivity index (χ1) is 13.5. The van der Waals surface area contributed by atoms with E-state index in [1.54, 1.807) is 6.20 Å². The molecule has 0 aliphatic carbocycles. The maximum absolute atomic E-state index is 4.94. The summed E-state index contributed by atoms with van der Waals surface area (Å²) >= 11 is 0. The second kappa shape index (κ2) is 7.71. The molecule has 1 saturated heterocycles. The molecule has 0 saturated carbocycles. The Kier molecular flexibility index (Phi) is 5.13. The maximum Gasteiger partial charge on any atom is 0.228 e. The Morgan fingerprint density at radius 1 is 1.32 bits per heavy atom. The smallest absolute Gasteiger partial charge is 0.228 e. The molecule has 8 heteroatoms. The fraction of sp³-hybridized carbons (Fsp3) is 0.500. The normalized spacial score (nSPS) is 17.3. The molecule has 1 fully saturated rings. The summed E-state index contributed by atoms with van der Waals surface area (Å²) in [5.41, 5.74) is 4.01. The Balaban J connectivity index is 1.83. The zero-order chi connectivity index (χ0) is 19.7. The summed E-state index contributed by atoms with van der Waals surface area (Å²) in [5.74, 6) is 2.28. The molecule has 0 spiro atoms. The number of hydrogen-bond acceptors (Lipinski definition) is 7. The van der Waals surface area contributed by atoms with E-state index in [9.17, 15) is 0 Å². The predicted molar refractivity (Wildman–Crippen MR) is 112 cm³/mol. The van der Waals surface area contributed by atoms with Crippen molar-refractivity contribution >= 4 is 28.6 Å². The minimum absolute atomic E-state index is 0.409. The van der Waals surface area contributed by atoms with Gasteiger partial charge in [0.15, 0.2) is 5.82 Å². The van der Waals surface area contributed by atoms with E-state index >= 15 is 0 Å². The van der Waals surface area contributed by atoms with Crippen LogP contribution in [0.1, 0.15) is 31.5 Å². The number of aromatic nitrogens is 5. The van der Waals surface area contributed by atoms with Gasteiger partial charge in [0.25, 0.3) is 0 Å². The lowest BCUT2D eigenvalue weighted by molar-refractivity contribution is 0.480. The van der Waals surface area contributed by atoms with E-state index in [4.69, 9.17) is 15.1 Å². The van der Waals surface area contributed by atoms with Crippen LogP contribution in [-0.2, 0) is 13.5 Å². The maximum atomic E-state index is 4.94. The lowest BCUT2D eigenvalue weighted by atomic mass is 10.2. The highest BCUT2D eigenvalue weighted by Gasteiger charge is 2.23. The summed E-state index contributed by atoms with van der Waals surface area (Å²) < 4.78 is 1.88. The van der Waals surface area contributed by atoms with Gasteiger partial charge in [0.05, 0.1) is 5.69 Å². The van der Waals surface area contributed by atoms with Crippen molar-refractivity contribution in [2.24, 2.45) is 7.05 Å². The van der Waals surface area contributed by atoms with E-state index in [0.29, 0.717) is 6.04 Å². The van der Waals surface area contributed by atoms with E-state index in [0.717, 1.165) is 72.4 Å². The Morgan fingerprint density at radius 3 is 2.93 bits per heavy atom. The van der Waals surface area contributed by atoms with Gasteiger partial charge in [0.1, 0.15) is 16.9 Å². The SMILES string of the molecule is CCCc1nn(C)c2c(Nc3cc(C)ccn3)nc(N3CCN[C@@H](C)C3)nc12. The summed E-state index contributed by atoms with van der Waals surface area (Å²) in [4.78, 5) is 16.5. The molecule has 0 unspecified atom stereocenters. The third kappa shape index (κ3) is 3.64. The average molecular weight is 381 g/mol. The quantitative estimate of drug-likeness (QED) is 0.704. The zero-order valence-corrected chi connectivity index (χ0v) is 17.0. The van der Waals surface area contributed by atoms with Crippen molar-refractivity contribution in [1.29, 1.82) is 0 Å². The first-order valence-corrected chi connectivity index (χ1v) is 9.96. The van der Waals surface area contributed by atoms with Gasteiger partial charge in [0.2, 0.25) is 5.95 Å². The molecule has 0 bridgehead atoms. The van der Waals surface area contributed by atoms with Crippen LogP contribution in [0.15, 0.2) is 18.3 Å². The molecule has 1 atom stereocenters. The van der Waals surface area contributed by atoms with Gasteiger partial charge in [-0.05, 0) is 38.0 Å². The van der Waals surface area contributed by atoms with Crippen LogP contribution in [0.25, 0.3) is 11.0 Å². The number of nitrogens with zero attached hydrogens (tertiary/aromatic N) is 6. The van der Waals surface area contributed by atoms with Crippen LogP contribution in [0, 0.1) is 6.92 Å². The topological polar surface area (TPSA) is 83.8 Å². The second-order valence-electron chi connectivity index (χ2n) is 7.53. The Hall–Kier alpha value is -2.74. The fourth-order valence-electron chi connectivity index (χ4n) is 3.70. The Labute approximate surface area is 165 Å². The highest BCUT2D eigenvalue weighted by molar-refractivity contribution is 5.90. The van der Waals surface area contributed by atoms with Crippen LogP contribution in [0.5, 0.6) is 0 Å². The largest absolute Gasteiger partial charge is 0.338 e. The molecule has 28 heavy (non-hydrogen) atoms. The summed E-state index contributed by atoms with van der Waals surface area (Å²) in [6, 6.07) is 4.41. The number of nitrogens with one attached hydrogen (secondary N) is 2. The van der Waals surface area contributed by atoms with E-state index in [1.807, 2.05) is 23.9 Å². The lowest BCUT2D eigenvalue weighted by Crippen LogP contribution is -2.49. The molecule has 148 valence electrons. The first-order valence-electron chi connectivity index (χ1n) is 9.96. The second-order valence-corrected chi connectivity index (χ2v) is 7.53. The van der Waals surface area contributed by atoms with E-state index in [2.05, 4.69) is 41.3 Å². The molecule has 0 aromatic carbocycles. The molecule has 4 heterocycles. The number of rotatable bonds is 5. The number of anilines is 3. The van der Waals surface area contributed by atoms with Crippen molar-refractivity contribution in [1.82, 2.24) is 30.0 Å². The average Bonchev–Trinajstić information content (AvgIpc) is 2.98. The van der Waals surface area contributed by atoms with Crippen molar-refractivity contribution in [3.8, 4) is 0 Å². The van der Waals surface area contributed by atoms with E-state index in [1.165, 1.54) is 0 Å². The summed E-state index contributed by atoms with van der Waals surface area (Å²) in [6.07, 6.45) is 3.73. The monoisotopic (exact) mass is 380 g/mol. The number of piperazine rings is 1. The van der Waals surface area contributed by atoms with Gasteiger partial charge in [-0.2, -0.15) is 10.1 Å². The number of hydrogen-bond donors (Lipinski definition) is 2. The Morgan fingerprint density at radius 2 is 2.18 bits per heavy atom. The first kappa shape index (κ1) is 18.6. The molecule has 3 aromatic heterocycles. The van der Waals surface area contributed by atoms with Crippen LogP contribution < -0.4 is 15.5 Å². The van der Waals surface area contributed by atoms with Gasteiger partial charge in [-0.25, -0.2) is 9.97 Å². The number of pyridine rings is 1. The molecular weight excluding hydrogens is 352 g/mol. The molecule has 3 aromatic rings. The lowest BCUT2D eigenvalue weighted by Gasteiger charge is -2.32. The minimum Gasteiger partial charge on any atom is -0.338 e. The molecule has 0 amide bonds.